The molecule has 1 rings (SSSR count). The lowest BCUT2D eigenvalue weighted by Gasteiger charge is -2.21. The second-order valence-corrected chi connectivity index (χ2v) is 7.31. The first kappa shape index (κ1) is 15.9. The molecule has 108 valence electrons. The minimum absolute atomic E-state index is 0.288. The lowest BCUT2D eigenvalue weighted by atomic mass is 10.4. The molecule has 1 saturated carbocycles. The maximum absolute atomic E-state index is 12.2. The number of nitrogens with one attached hydrogen (secondary N) is 1. The van der Waals surface area contributed by atoms with E-state index < -0.39 is 10.0 Å². The molecule has 0 heterocycles. The fraction of sp³-hybridized carbons (Fsp3) is 1.00. The topological polar surface area (TPSA) is 49.4 Å². The summed E-state index contributed by atoms with van der Waals surface area (Å²) in [5, 5.41) is 3.25. The fourth-order valence-electron chi connectivity index (χ4n) is 1.99. The summed E-state index contributed by atoms with van der Waals surface area (Å²) >= 11 is 0. The molecule has 1 aliphatic rings. The Labute approximate surface area is 112 Å². The minimum Gasteiger partial charge on any atom is -0.317 e. The lowest BCUT2D eigenvalue weighted by molar-refractivity contribution is 0.394. The second kappa shape index (κ2) is 8.12. The van der Waals surface area contributed by atoms with Gasteiger partial charge < -0.3 is 5.32 Å². The lowest BCUT2D eigenvalue weighted by Crippen LogP contribution is -2.36. The van der Waals surface area contributed by atoms with Gasteiger partial charge in [0.25, 0.3) is 0 Å². The molecule has 0 radical (unpaired) electrons. The van der Waals surface area contributed by atoms with E-state index in [1.807, 2.05) is 6.92 Å². The molecule has 0 aromatic heterocycles. The van der Waals surface area contributed by atoms with Crippen molar-refractivity contribution in [2.45, 2.75) is 46.0 Å². The molecule has 0 aliphatic heterocycles. The van der Waals surface area contributed by atoms with E-state index in [-0.39, 0.29) is 5.75 Å². The molecule has 0 atom stereocenters. The molecule has 5 heteroatoms. The van der Waals surface area contributed by atoms with Crippen LogP contribution in [0.4, 0.5) is 0 Å². The SMILES string of the molecule is CCCNCCCS(=O)(=O)N(CCC)CC1CC1. The van der Waals surface area contributed by atoms with Crippen molar-refractivity contribution in [1.82, 2.24) is 9.62 Å². The fourth-order valence-corrected chi connectivity index (χ4v) is 3.66. The Hall–Kier alpha value is -0.130. The summed E-state index contributed by atoms with van der Waals surface area (Å²) in [5.41, 5.74) is 0. The average Bonchev–Trinajstić information content (AvgIpc) is 3.12. The highest BCUT2D eigenvalue weighted by atomic mass is 32.2. The van der Waals surface area contributed by atoms with Crippen LogP contribution in [-0.4, -0.2) is 44.7 Å². The van der Waals surface area contributed by atoms with Crippen molar-refractivity contribution in [2.24, 2.45) is 5.92 Å². The summed E-state index contributed by atoms with van der Waals surface area (Å²) in [7, 11) is -3.03. The Balaban J connectivity index is 2.32. The van der Waals surface area contributed by atoms with Gasteiger partial charge in [0.15, 0.2) is 0 Å². The van der Waals surface area contributed by atoms with Gasteiger partial charge in [0, 0.05) is 13.1 Å². The van der Waals surface area contributed by atoms with Gasteiger partial charge >= 0.3 is 0 Å². The molecular weight excluding hydrogens is 248 g/mol. The molecule has 0 amide bonds. The third-order valence-corrected chi connectivity index (χ3v) is 5.13. The van der Waals surface area contributed by atoms with E-state index in [1.54, 1.807) is 4.31 Å². The second-order valence-electron chi connectivity index (χ2n) is 5.22. The number of sulfonamides is 1. The van der Waals surface area contributed by atoms with Crippen LogP contribution in [0.15, 0.2) is 0 Å². The predicted molar refractivity (Wildman–Crippen MR) is 76.2 cm³/mol. The maximum atomic E-state index is 12.2. The molecule has 0 spiro atoms. The standard InChI is InChI=1S/C13H28N2O2S/c1-3-8-14-9-5-11-18(16,17)15(10-4-2)12-13-6-7-13/h13-14H,3-12H2,1-2H3. The molecule has 0 aromatic carbocycles. The van der Waals surface area contributed by atoms with E-state index in [9.17, 15) is 8.42 Å². The van der Waals surface area contributed by atoms with Crippen LogP contribution in [0.2, 0.25) is 0 Å². The monoisotopic (exact) mass is 276 g/mol. The van der Waals surface area contributed by atoms with Crippen molar-refractivity contribution >= 4 is 10.0 Å². The highest BCUT2D eigenvalue weighted by molar-refractivity contribution is 7.89. The van der Waals surface area contributed by atoms with Crippen LogP contribution in [0, 0.1) is 5.92 Å². The molecule has 1 fully saturated rings. The minimum atomic E-state index is -3.03. The third-order valence-electron chi connectivity index (χ3n) is 3.21. The van der Waals surface area contributed by atoms with Crippen molar-refractivity contribution < 1.29 is 8.42 Å². The molecule has 18 heavy (non-hydrogen) atoms. The highest BCUT2D eigenvalue weighted by Crippen LogP contribution is 2.30. The maximum Gasteiger partial charge on any atom is 0.214 e. The summed E-state index contributed by atoms with van der Waals surface area (Å²) in [6.45, 7) is 7.36. The quantitative estimate of drug-likeness (QED) is 0.586. The van der Waals surface area contributed by atoms with Crippen LogP contribution < -0.4 is 5.32 Å². The van der Waals surface area contributed by atoms with Gasteiger partial charge in [-0.1, -0.05) is 13.8 Å². The van der Waals surface area contributed by atoms with Crippen molar-refractivity contribution in [3.8, 4) is 0 Å². The van der Waals surface area contributed by atoms with E-state index in [2.05, 4.69) is 12.2 Å². The smallest absolute Gasteiger partial charge is 0.214 e. The van der Waals surface area contributed by atoms with E-state index in [0.717, 1.165) is 32.5 Å². The van der Waals surface area contributed by atoms with Crippen LogP contribution in [0.1, 0.15) is 46.0 Å². The Morgan fingerprint density at radius 2 is 1.89 bits per heavy atom. The molecular formula is C13H28N2O2S. The summed E-state index contributed by atoms with van der Waals surface area (Å²) in [6, 6.07) is 0. The first-order valence-corrected chi connectivity index (χ1v) is 8.89. The first-order valence-electron chi connectivity index (χ1n) is 7.28. The van der Waals surface area contributed by atoms with Crippen molar-refractivity contribution in [3.63, 3.8) is 0 Å². The van der Waals surface area contributed by atoms with Gasteiger partial charge in [0.1, 0.15) is 0 Å². The summed E-state index contributed by atoms with van der Waals surface area (Å²) < 4.78 is 26.1. The summed E-state index contributed by atoms with van der Waals surface area (Å²) in [5.74, 6) is 0.917. The van der Waals surface area contributed by atoms with E-state index in [0.29, 0.717) is 18.9 Å². The zero-order valence-electron chi connectivity index (χ0n) is 11.8. The Kier molecular flexibility index (Phi) is 7.19. The van der Waals surface area contributed by atoms with Crippen LogP contribution in [0.3, 0.4) is 0 Å². The van der Waals surface area contributed by atoms with Gasteiger partial charge in [-0.15, -0.1) is 0 Å². The van der Waals surface area contributed by atoms with E-state index >= 15 is 0 Å². The molecule has 4 nitrogen and oxygen atoms in total. The molecule has 0 unspecified atom stereocenters. The molecule has 0 aromatic rings. The normalized spacial score (nSPS) is 16.4. The van der Waals surface area contributed by atoms with Gasteiger partial charge in [-0.25, -0.2) is 12.7 Å². The Morgan fingerprint density at radius 1 is 1.17 bits per heavy atom. The number of rotatable bonds is 11. The van der Waals surface area contributed by atoms with Gasteiger partial charge in [0.05, 0.1) is 5.75 Å². The van der Waals surface area contributed by atoms with Gasteiger partial charge in [0.2, 0.25) is 10.0 Å². The van der Waals surface area contributed by atoms with Gasteiger partial charge in [-0.2, -0.15) is 0 Å². The van der Waals surface area contributed by atoms with E-state index in [1.165, 1.54) is 12.8 Å². The van der Waals surface area contributed by atoms with Crippen molar-refractivity contribution in [3.05, 3.63) is 0 Å². The highest BCUT2D eigenvalue weighted by Gasteiger charge is 2.29. The predicted octanol–water partition coefficient (Wildman–Crippen LogP) is 1.83. The van der Waals surface area contributed by atoms with Gasteiger partial charge in [-0.3, -0.25) is 0 Å². The van der Waals surface area contributed by atoms with Crippen LogP contribution in [0.5, 0.6) is 0 Å². The molecule has 1 aliphatic carbocycles. The van der Waals surface area contributed by atoms with Crippen molar-refractivity contribution in [1.29, 1.82) is 0 Å². The average molecular weight is 276 g/mol. The first-order chi connectivity index (χ1) is 8.60. The zero-order chi connectivity index (χ0) is 13.4. The van der Waals surface area contributed by atoms with Crippen molar-refractivity contribution in [2.75, 3.05) is 31.9 Å². The number of nitrogens with zero attached hydrogens (tertiary/aromatic N) is 1. The molecule has 1 N–H and O–H groups in total. The number of hydrogen-bond acceptors (Lipinski definition) is 3. The van der Waals surface area contributed by atoms with Crippen LogP contribution in [0.25, 0.3) is 0 Å². The largest absolute Gasteiger partial charge is 0.317 e. The zero-order valence-corrected chi connectivity index (χ0v) is 12.6. The Morgan fingerprint density at radius 3 is 2.44 bits per heavy atom. The van der Waals surface area contributed by atoms with Gasteiger partial charge in [-0.05, 0) is 51.1 Å². The summed E-state index contributed by atoms with van der Waals surface area (Å²) in [4.78, 5) is 0. The Bertz CT molecular complexity index is 313. The van der Waals surface area contributed by atoms with Crippen LogP contribution >= 0.6 is 0 Å². The van der Waals surface area contributed by atoms with Crippen LogP contribution in [-0.2, 0) is 10.0 Å². The van der Waals surface area contributed by atoms with E-state index in [4.69, 9.17) is 0 Å². The molecule has 0 bridgehead atoms. The molecule has 0 saturated heterocycles. The number of hydrogen-bond donors (Lipinski definition) is 1. The summed E-state index contributed by atoms with van der Waals surface area (Å²) in [6.07, 6.45) is 5.12. The third kappa shape index (κ3) is 6.16.